The molecule has 0 bridgehead atoms. The lowest BCUT2D eigenvalue weighted by Gasteiger charge is -2.41. The lowest BCUT2D eigenvalue weighted by atomic mass is 9.82. The number of hydrogen-bond acceptors (Lipinski definition) is 4. The Morgan fingerprint density at radius 3 is 2.83 bits per heavy atom. The van der Waals surface area contributed by atoms with E-state index in [1.165, 1.54) is 0 Å². The second-order valence-electron chi connectivity index (χ2n) is 4.64. The van der Waals surface area contributed by atoms with Gasteiger partial charge in [0.25, 0.3) is 0 Å². The molecular formula is C13H16N2O3. The van der Waals surface area contributed by atoms with Gasteiger partial charge in [0.15, 0.2) is 0 Å². The van der Waals surface area contributed by atoms with E-state index in [4.69, 9.17) is 9.47 Å². The SMILES string of the molecule is COc1cccc2c1C1(CCNCC1)OC(=O)N2. The lowest BCUT2D eigenvalue weighted by Crippen LogP contribution is -2.47. The van der Waals surface area contributed by atoms with Gasteiger partial charge < -0.3 is 14.8 Å². The Hall–Kier alpha value is -1.75. The summed E-state index contributed by atoms with van der Waals surface area (Å²) in [5.74, 6) is 0.773. The van der Waals surface area contributed by atoms with Crippen molar-refractivity contribution in [1.82, 2.24) is 5.32 Å². The van der Waals surface area contributed by atoms with Crippen molar-refractivity contribution in [2.45, 2.75) is 18.4 Å². The van der Waals surface area contributed by atoms with Crippen LogP contribution in [0.5, 0.6) is 5.75 Å². The number of carbonyl (C=O) groups is 1. The van der Waals surface area contributed by atoms with Crippen molar-refractivity contribution in [3.05, 3.63) is 23.8 Å². The van der Waals surface area contributed by atoms with Crippen LogP contribution in [0, 0.1) is 0 Å². The molecule has 2 aliphatic rings. The van der Waals surface area contributed by atoms with Crippen LogP contribution in [0.3, 0.4) is 0 Å². The van der Waals surface area contributed by atoms with E-state index in [1.54, 1.807) is 7.11 Å². The minimum atomic E-state index is -0.546. The second-order valence-corrected chi connectivity index (χ2v) is 4.64. The molecular weight excluding hydrogens is 232 g/mol. The summed E-state index contributed by atoms with van der Waals surface area (Å²) in [6.07, 6.45) is 1.17. The van der Waals surface area contributed by atoms with Gasteiger partial charge in [0.05, 0.1) is 18.4 Å². The molecule has 1 aromatic carbocycles. The molecule has 1 spiro atoms. The number of fused-ring (bicyclic) bond motifs is 2. The third kappa shape index (κ3) is 1.62. The summed E-state index contributed by atoms with van der Waals surface area (Å²) in [5, 5.41) is 6.03. The van der Waals surface area contributed by atoms with Gasteiger partial charge in [-0.15, -0.1) is 0 Å². The van der Waals surface area contributed by atoms with Gasteiger partial charge in [-0.1, -0.05) is 6.07 Å². The van der Waals surface area contributed by atoms with E-state index in [9.17, 15) is 4.79 Å². The number of amides is 1. The quantitative estimate of drug-likeness (QED) is 0.796. The third-order valence-electron chi connectivity index (χ3n) is 3.64. The average molecular weight is 248 g/mol. The van der Waals surface area contributed by atoms with Crippen LogP contribution in [0.1, 0.15) is 18.4 Å². The molecule has 0 radical (unpaired) electrons. The number of benzene rings is 1. The first-order chi connectivity index (χ1) is 8.75. The molecule has 0 unspecified atom stereocenters. The van der Waals surface area contributed by atoms with Crippen molar-refractivity contribution in [1.29, 1.82) is 0 Å². The van der Waals surface area contributed by atoms with E-state index in [-0.39, 0.29) is 6.09 Å². The predicted octanol–water partition coefficient (Wildman–Crippen LogP) is 1.84. The second kappa shape index (κ2) is 4.17. The van der Waals surface area contributed by atoms with Crippen molar-refractivity contribution in [2.24, 2.45) is 0 Å². The third-order valence-corrected chi connectivity index (χ3v) is 3.64. The normalized spacial score (nSPS) is 20.8. The Bertz CT molecular complexity index is 481. The molecule has 1 fully saturated rings. The molecule has 1 amide bonds. The molecule has 2 aliphatic heterocycles. The Labute approximate surface area is 105 Å². The number of hydrogen-bond donors (Lipinski definition) is 2. The van der Waals surface area contributed by atoms with E-state index < -0.39 is 5.60 Å². The number of carbonyl (C=O) groups excluding carboxylic acids is 1. The monoisotopic (exact) mass is 248 g/mol. The van der Waals surface area contributed by atoms with Gasteiger partial charge in [-0.05, 0) is 25.2 Å². The first-order valence-electron chi connectivity index (χ1n) is 6.13. The van der Waals surface area contributed by atoms with Crippen molar-refractivity contribution < 1.29 is 14.3 Å². The maximum atomic E-state index is 11.7. The van der Waals surface area contributed by atoms with Gasteiger partial charge in [-0.25, -0.2) is 4.79 Å². The maximum absolute atomic E-state index is 11.7. The zero-order valence-electron chi connectivity index (χ0n) is 10.3. The molecule has 96 valence electrons. The molecule has 1 aromatic rings. The summed E-state index contributed by atoms with van der Waals surface area (Å²) in [7, 11) is 1.64. The molecule has 2 N–H and O–H groups in total. The van der Waals surface area contributed by atoms with Crippen LogP contribution in [0.15, 0.2) is 18.2 Å². The first-order valence-corrected chi connectivity index (χ1v) is 6.13. The van der Waals surface area contributed by atoms with Crippen LogP contribution in [0.4, 0.5) is 10.5 Å². The Morgan fingerprint density at radius 1 is 1.33 bits per heavy atom. The van der Waals surface area contributed by atoms with Crippen LogP contribution >= 0.6 is 0 Å². The largest absolute Gasteiger partial charge is 0.496 e. The van der Waals surface area contributed by atoms with Crippen molar-refractivity contribution >= 4 is 11.8 Å². The average Bonchev–Trinajstić information content (AvgIpc) is 2.38. The van der Waals surface area contributed by atoms with Gasteiger partial charge in [-0.2, -0.15) is 0 Å². The Morgan fingerprint density at radius 2 is 2.11 bits per heavy atom. The minimum Gasteiger partial charge on any atom is -0.496 e. The Kier molecular flexibility index (Phi) is 2.63. The zero-order valence-corrected chi connectivity index (χ0v) is 10.3. The van der Waals surface area contributed by atoms with Crippen LogP contribution in [-0.4, -0.2) is 26.3 Å². The van der Waals surface area contributed by atoms with Gasteiger partial charge in [-0.3, -0.25) is 5.32 Å². The first kappa shape index (κ1) is 11.3. The zero-order chi connectivity index (χ0) is 12.6. The maximum Gasteiger partial charge on any atom is 0.412 e. The number of methoxy groups -OCH3 is 1. The molecule has 0 aromatic heterocycles. The summed E-state index contributed by atoms with van der Waals surface area (Å²) in [6.45, 7) is 1.68. The number of anilines is 1. The number of piperidine rings is 1. The molecule has 5 heteroatoms. The van der Waals surface area contributed by atoms with E-state index in [0.717, 1.165) is 42.9 Å². The fraction of sp³-hybridized carbons (Fsp3) is 0.462. The van der Waals surface area contributed by atoms with Crippen molar-refractivity contribution in [3.63, 3.8) is 0 Å². The van der Waals surface area contributed by atoms with Crippen LogP contribution in [-0.2, 0) is 10.3 Å². The highest BCUT2D eigenvalue weighted by Crippen LogP contribution is 2.46. The lowest BCUT2D eigenvalue weighted by molar-refractivity contribution is -0.0142. The topological polar surface area (TPSA) is 59.6 Å². The summed E-state index contributed by atoms with van der Waals surface area (Å²) >= 11 is 0. The number of nitrogens with one attached hydrogen (secondary N) is 2. The van der Waals surface area contributed by atoms with Crippen LogP contribution in [0.25, 0.3) is 0 Å². The highest BCUT2D eigenvalue weighted by atomic mass is 16.6. The Balaban J connectivity index is 2.15. The van der Waals surface area contributed by atoms with Crippen molar-refractivity contribution in [3.8, 4) is 5.75 Å². The van der Waals surface area contributed by atoms with E-state index in [1.807, 2.05) is 18.2 Å². The molecule has 2 heterocycles. The van der Waals surface area contributed by atoms with E-state index in [0.29, 0.717) is 0 Å². The van der Waals surface area contributed by atoms with Crippen molar-refractivity contribution in [2.75, 3.05) is 25.5 Å². The smallest absolute Gasteiger partial charge is 0.412 e. The number of rotatable bonds is 1. The molecule has 18 heavy (non-hydrogen) atoms. The van der Waals surface area contributed by atoms with Crippen LogP contribution in [0.2, 0.25) is 0 Å². The molecule has 3 rings (SSSR count). The predicted molar refractivity (Wildman–Crippen MR) is 66.9 cm³/mol. The summed E-state index contributed by atoms with van der Waals surface area (Å²) in [5.41, 5.74) is 1.22. The molecule has 0 atom stereocenters. The molecule has 1 saturated heterocycles. The van der Waals surface area contributed by atoms with Crippen LogP contribution < -0.4 is 15.4 Å². The van der Waals surface area contributed by atoms with Gasteiger partial charge >= 0.3 is 6.09 Å². The molecule has 0 aliphatic carbocycles. The number of ether oxygens (including phenoxy) is 2. The summed E-state index contributed by atoms with van der Waals surface area (Å²) in [6, 6.07) is 5.67. The van der Waals surface area contributed by atoms with Gasteiger partial charge in [0, 0.05) is 12.8 Å². The minimum absolute atomic E-state index is 0.377. The highest BCUT2D eigenvalue weighted by Gasteiger charge is 2.44. The highest BCUT2D eigenvalue weighted by molar-refractivity contribution is 5.89. The summed E-state index contributed by atoms with van der Waals surface area (Å²) < 4.78 is 11.0. The fourth-order valence-corrected chi connectivity index (χ4v) is 2.82. The van der Waals surface area contributed by atoms with E-state index >= 15 is 0 Å². The van der Waals surface area contributed by atoms with E-state index in [2.05, 4.69) is 10.6 Å². The summed E-state index contributed by atoms with van der Waals surface area (Å²) in [4.78, 5) is 11.7. The molecule has 5 nitrogen and oxygen atoms in total. The van der Waals surface area contributed by atoms with Gasteiger partial charge in [0.1, 0.15) is 11.4 Å². The standard InChI is InChI=1S/C13H16N2O3/c1-17-10-4-2-3-9-11(10)13(18-12(16)15-9)5-7-14-8-6-13/h2-4,14H,5-8H2,1H3,(H,15,16). The van der Waals surface area contributed by atoms with Gasteiger partial charge in [0.2, 0.25) is 0 Å². The fourth-order valence-electron chi connectivity index (χ4n) is 2.82. The molecule has 0 saturated carbocycles.